The van der Waals surface area contributed by atoms with Gasteiger partial charge in [-0.3, -0.25) is 4.68 Å². The van der Waals surface area contributed by atoms with E-state index in [1.165, 1.54) is 18.4 Å². The fourth-order valence-corrected chi connectivity index (χ4v) is 2.01. The molecule has 3 rings (SSSR count). The van der Waals surface area contributed by atoms with Gasteiger partial charge in [0.15, 0.2) is 0 Å². The highest BCUT2D eigenvalue weighted by molar-refractivity contribution is 5.58. The van der Waals surface area contributed by atoms with Gasteiger partial charge in [0.05, 0.1) is 12.7 Å². The summed E-state index contributed by atoms with van der Waals surface area (Å²) >= 11 is 0. The molecule has 4 heteroatoms. The molecule has 0 saturated heterocycles. The molecular formula is C13H16N4. The lowest BCUT2D eigenvalue weighted by Crippen LogP contribution is -2.10. The van der Waals surface area contributed by atoms with Crippen LogP contribution in [0.3, 0.4) is 0 Å². The van der Waals surface area contributed by atoms with E-state index in [0.717, 1.165) is 17.2 Å². The highest BCUT2D eigenvalue weighted by Crippen LogP contribution is 2.40. The van der Waals surface area contributed by atoms with Gasteiger partial charge in [0, 0.05) is 12.1 Å². The molecule has 0 radical (unpaired) electrons. The van der Waals surface area contributed by atoms with Crippen LogP contribution in [0.2, 0.25) is 0 Å². The number of hydrogen-bond donors (Lipinski definition) is 1. The summed E-state index contributed by atoms with van der Waals surface area (Å²) in [6.45, 7) is 1.30. The summed E-state index contributed by atoms with van der Waals surface area (Å²) in [6, 6.07) is 8.67. The van der Waals surface area contributed by atoms with Crippen LogP contribution in [0.25, 0.3) is 11.3 Å². The quantitative estimate of drug-likeness (QED) is 0.867. The molecule has 0 spiro atoms. The Kier molecular flexibility index (Phi) is 2.65. The van der Waals surface area contributed by atoms with Gasteiger partial charge in [-0.2, -0.15) is 0 Å². The second-order valence-electron chi connectivity index (χ2n) is 4.55. The Morgan fingerprint density at radius 3 is 2.65 bits per heavy atom. The molecule has 17 heavy (non-hydrogen) atoms. The first-order valence-electron chi connectivity index (χ1n) is 6.07. The second-order valence-corrected chi connectivity index (χ2v) is 4.55. The van der Waals surface area contributed by atoms with Crippen LogP contribution in [0.4, 0.5) is 0 Å². The highest BCUT2D eigenvalue weighted by Gasteiger charge is 2.23. The summed E-state index contributed by atoms with van der Waals surface area (Å²) in [5.41, 5.74) is 8.97. The number of rotatable bonds is 4. The number of nitrogens with zero attached hydrogens (tertiary/aromatic N) is 3. The third-order valence-corrected chi connectivity index (χ3v) is 3.15. The van der Waals surface area contributed by atoms with Crippen molar-refractivity contribution >= 4 is 0 Å². The molecule has 1 aromatic carbocycles. The first-order chi connectivity index (χ1) is 8.36. The summed E-state index contributed by atoms with van der Waals surface area (Å²) < 4.78 is 1.78. The van der Waals surface area contributed by atoms with Crippen LogP contribution in [0.5, 0.6) is 0 Å². The monoisotopic (exact) mass is 228 g/mol. The van der Waals surface area contributed by atoms with E-state index in [9.17, 15) is 0 Å². The van der Waals surface area contributed by atoms with Crippen molar-refractivity contribution in [1.29, 1.82) is 0 Å². The lowest BCUT2D eigenvalue weighted by atomic mass is 10.1. The van der Waals surface area contributed by atoms with E-state index >= 15 is 0 Å². The Balaban J connectivity index is 1.81. The second kappa shape index (κ2) is 4.30. The van der Waals surface area contributed by atoms with E-state index in [1.807, 2.05) is 6.20 Å². The predicted molar refractivity (Wildman–Crippen MR) is 66.5 cm³/mol. The van der Waals surface area contributed by atoms with Gasteiger partial charge in [0.1, 0.15) is 5.69 Å². The summed E-state index contributed by atoms with van der Waals surface area (Å²) in [5, 5.41) is 8.19. The maximum Gasteiger partial charge on any atom is 0.113 e. The number of hydrogen-bond acceptors (Lipinski definition) is 3. The van der Waals surface area contributed by atoms with Crippen LogP contribution in [-0.2, 0) is 6.54 Å². The molecule has 0 amide bonds. The molecule has 0 aliphatic heterocycles. The van der Waals surface area contributed by atoms with Crippen molar-refractivity contribution < 1.29 is 0 Å². The zero-order chi connectivity index (χ0) is 11.7. The van der Waals surface area contributed by atoms with Crippen molar-refractivity contribution in [3.05, 3.63) is 36.0 Å². The molecule has 1 aliphatic carbocycles. The van der Waals surface area contributed by atoms with Crippen LogP contribution < -0.4 is 5.73 Å². The van der Waals surface area contributed by atoms with E-state index in [0.29, 0.717) is 13.1 Å². The molecule has 4 nitrogen and oxygen atoms in total. The molecule has 0 atom stereocenters. The molecule has 2 N–H and O–H groups in total. The first kappa shape index (κ1) is 10.5. The molecule has 0 unspecified atom stereocenters. The van der Waals surface area contributed by atoms with Crippen LogP contribution >= 0.6 is 0 Å². The minimum absolute atomic E-state index is 0.587. The van der Waals surface area contributed by atoms with Gasteiger partial charge in [0.25, 0.3) is 0 Å². The maximum absolute atomic E-state index is 5.48. The fourth-order valence-electron chi connectivity index (χ4n) is 2.01. The summed E-state index contributed by atoms with van der Waals surface area (Å²) in [7, 11) is 0. The Labute approximate surface area is 100 Å². The van der Waals surface area contributed by atoms with E-state index in [2.05, 4.69) is 34.6 Å². The predicted octanol–water partition coefficient (Wildman–Crippen LogP) is 1.78. The van der Waals surface area contributed by atoms with E-state index in [1.54, 1.807) is 4.68 Å². The Bertz CT molecular complexity index is 496. The van der Waals surface area contributed by atoms with Crippen molar-refractivity contribution in [2.24, 2.45) is 5.73 Å². The zero-order valence-electron chi connectivity index (χ0n) is 9.71. The number of benzene rings is 1. The largest absolute Gasteiger partial charge is 0.329 e. The molecule has 88 valence electrons. The maximum atomic E-state index is 5.48. The molecule has 1 saturated carbocycles. The number of nitrogens with two attached hydrogens (primary N) is 1. The van der Waals surface area contributed by atoms with Gasteiger partial charge in [-0.1, -0.05) is 29.5 Å². The van der Waals surface area contributed by atoms with Crippen molar-refractivity contribution in [2.45, 2.75) is 25.3 Å². The molecule has 1 aromatic heterocycles. The fraction of sp³-hybridized carbons (Fsp3) is 0.385. The normalized spacial score (nSPS) is 15.1. The summed E-state index contributed by atoms with van der Waals surface area (Å²) in [6.07, 6.45) is 4.62. The van der Waals surface area contributed by atoms with Gasteiger partial charge >= 0.3 is 0 Å². The third kappa shape index (κ3) is 2.22. The minimum Gasteiger partial charge on any atom is -0.329 e. The Morgan fingerprint density at radius 2 is 2.00 bits per heavy atom. The molecule has 0 bridgehead atoms. The van der Waals surface area contributed by atoms with Crippen LogP contribution in [-0.4, -0.2) is 21.5 Å². The van der Waals surface area contributed by atoms with E-state index < -0.39 is 0 Å². The lowest BCUT2D eigenvalue weighted by molar-refractivity contribution is 0.598. The highest BCUT2D eigenvalue weighted by atomic mass is 15.4. The van der Waals surface area contributed by atoms with Crippen LogP contribution in [0.15, 0.2) is 30.5 Å². The standard InChI is InChI=1S/C13H16N4/c14-7-8-17-9-13(15-16-17)12-5-3-11(4-6-12)10-1-2-10/h3-6,9-10H,1-2,7-8,14H2. The minimum atomic E-state index is 0.587. The SMILES string of the molecule is NCCn1cc(-c2ccc(C3CC3)cc2)nn1. The van der Waals surface area contributed by atoms with Gasteiger partial charge in [-0.15, -0.1) is 5.10 Å². The Morgan fingerprint density at radius 1 is 1.24 bits per heavy atom. The third-order valence-electron chi connectivity index (χ3n) is 3.15. The van der Waals surface area contributed by atoms with E-state index in [-0.39, 0.29) is 0 Å². The number of aromatic nitrogens is 3. The van der Waals surface area contributed by atoms with E-state index in [4.69, 9.17) is 5.73 Å². The van der Waals surface area contributed by atoms with Crippen molar-refractivity contribution in [3.8, 4) is 11.3 Å². The molecule has 2 aromatic rings. The van der Waals surface area contributed by atoms with Gasteiger partial charge < -0.3 is 5.73 Å². The van der Waals surface area contributed by atoms with Crippen molar-refractivity contribution in [3.63, 3.8) is 0 Å². The average molecular weight is 228 g/mol. The molecule has 1 fully saturated rings. The van der Waals surface area contributed by atoms with Gasteiger partial charge in [0.2, 0.25) is 0 Å². The molecular weight excluding hydrogens is 212 g/mol. The van der Waals surface area contributed by atoms with Crippen LogP contribution in [0.1, 0.15) is 24.3 Å². The lowest BCUT2D eigenvalue weighted by Gasteiger charge is -1.99. The first-order valence-corrected chi connectivity index (χ1v) is 6.07. The average Bonchev–Trinajstić information content (AvgIpc) is 3.11. The zero-order valence-corrected chi connectivity index (χ0v) is 9.71. The topological polar surface area (TPSA) is 56.7 Å². The molecule has 1 aliphatic rings. The van der Waals surface area contributed by atoms with Gasteiger partial charge in [-0.25, -0.2) is 0 Å². The summed E-state index contributed by atoms with van der Waals surface area (Å²) in [5.74, 6) is 0.803. The summed E-state index contributed by atoms with van der Waals surface area (Å²) in [4.78, 5) is 0. The Hall–Kier alpha value is -1.68. The molecule has 1 heterocycles. The van der Waals surface area contributed by atoms with Crippen molar-refractivity contribution in [1.82, 2.24) is 15.0 Å². The van der Waals surface area contributed by atoms with Gasteiger partial charge in [-0.05, 0) is 24.3 Å². The van der Waals surface area contributed by atoms with Crippen LogP contribution in [0, 0.1) is 0 Å². The van der Waals surface area contributed by atoms with Crippen molar-refractivity contribution in [2.75, 3.05) is 6.54 Å². The smallest absolute Gasteiger partial charge is 0.113 e.